The van der Waals surface area contributed by atoms with Gasteiger partial charge in [0.15, 0.2) is 0 Å². The summed E-state index contributed by atoms with van der Waals surface area (Å²) in [6, 6.07) is 0.822. The molecule has 0 aromatic rings. The van der Waals surface area contributed by atoms with Crippen molar-refractivity contribution in [2.75, 3.05) is 19.7 Å². The minimum atomic E-state index is 0.240. The van der Waals surface area contributed by atoms with E-state index in [0.717, 1.165) is 19.5 Å². The SMILES string of the molecule is CC(C)N(CCO)CC1CC(C)(C)CCC1N. The summed E-state index contributed by atoms with van der Waals surface area (Å²) in [5.41, 5.74) is 6.69. The number of nitrogens with zero attached hydrogens (tertiary/aromatic N) is 1. The van der Waals surface area contributed by atoms with Crippen molar-refractivity contribution in [1.29, 1.82) is 0 Å². The van der Waals surface area contributed by atoms with Crippen LogP contribution < -0.4 is 5.73 Å². The van der Waals surface area contributed by atoms with E-state index in [1.807, 2.05) is 0 Å². The maximum atomic E-state index is 9.11. The fourth-order valence-corrected chi connectivity index (χ4v) is 2.95. The number of aliphatic hydroxyl groups is 1. The van der Waals surface area contributed by atoms with Crippen LogP contribution in [-0.4, -0.2) is 41.8 Å². The third-order valence-electron chi connectivity index (χ3n) is 4.16. The van der Waals surface area contributed by atoms with Crippen molar-refractivity contribution in [1.82, 2.24) is 4.90 Å². The van der Waals surface area contributed by atoms with E-state index in [1.54, 1.807) is 0 Å². The van der Waals surface area contributed by atoms with Crippen LogP contribution >= 0.6 is 0 Å². The molecule has 0 aliphatic heterocycles. The van der Waals surface area contributed by atoms with Crippen molar-refractivity contribution < 1.29 is 5.11 Å². The molecule has 1 saturated carbocycles. The molecule has 0 bridgehead atoms. The van der Waals surface area contributed by atoms with Gasteiger partial charge >= 0.3 is 0 Å². The first kappa shape index (κ1) is 14.9. The van der Waals surface area contributed by atoms with Crippen LogP contribution in [-0.2, 0) is 0 Å². The highest BCUT2D eigenvalue weighted by Crippen LogP contribution is 2.38. The van der Waals surface area contributed by atoms with Gasteiger partial charge in [-0.15, -0.1) is 0 Å². The number of aliphatic hydroxyl groups excluding tert-OH is 1. The molecule has 2 atom stereocenters. The highest BCUT2D eigenvalue weighted by Gasteiger charge is 2.34. The van der Waals surface area contributed by atoms with Gasteiger partial charge in [0.2, 0.25) is 0 Å². The lowest BCUT2D eigenvalue weighted by Gasteiger charge is -2.42. The maximum Gasteiger partial charge on any atom is 0.0558 e. The summed E-state index contributed by atoms with van der Waals surface area (Å²) >= 11 is 0. The van der Waals surface area contributed by atoms with Gasteiger partial charge in [-0.05, 0) is 44.4 Å². The molecule has 3 nitrogen and oxygen atoms in total. The molecule has 1 aliphatic carbocycles. The molecule has 3 heteroatoms. The molecule has 3 N–H and O–H groups in total. The van der Waals surface area contributed by atoms with Crippen LogP contribution in [0.25, 0.3) is 0 Å². The standard InChI is InChI=1S/C14H30N2O/c1-11(2)16(7-8-17)10-12-9-14(3,4)6-5-13(12)15/h11-13,17H,5-10,15H2,1-4H3. The Bertz CT molecular complexity index is 228. The van der Waals surface area contributed by atoms with Crippen LogP contribution in [0.3, 0.4) is 0 Å². The maximum absolute atomic E-state index is 9.11. The summed E-state index contributed by atoms with van der Waals surface area (Å²) in [7, 11) is 0. The summed E-state index contributed by atoms with van der Waals surface area (Å²) < 4.78 is 0. The third-order valence-corrected chi connectivity index (χ3v) is 4.16. The van der Waals surface area contributed by atoms with Crippen molar-refractivity contribution in [2.24, 2.45) is 17.1 Å². The summed E-state index contributed by atoms with van der Waals surface area (Å²) in [4.78, 5) is 2.35. The van der Waals surface area contributed by atoms with Crippen molar-refractivity contribution in [3.8, 4) is 0 Å². The normalized spacial score (nSPS) is 28.9. The lowest BCUT2D eigenvalue weighted by molar-refractivity contribution is 0.0881. The Morgan fingerprint density at radius 2 is 2.06 bits per heavy atom. The Labute approximate surface area is 106 Å². The molecular weight excluding hydrogens is 212 g/mol. The predicted octanol–water partition coefficient (Wildman–Crippen LogP) is 1.84. The van der Waals surface area contributed by atoms with E-state index in [0.29, 0.717) is 23.4 Å². The molecule has 0 spiro atoms. The first-order chi connectivity index (χ1) is 7.85. The molecule has 0 saturated heterocycles. The molecule has 0 aromatic carbocycles. The van der Waals surface area contributed by atoms with Gasteiger partial charge in [-0.3, -0.25) is 4.90 Å². The Morgan fingerprint density at radius 1 is 1.41 bits per heavy atom. The monoisotopic (exact) mass is 242 g/mol. The number of rotatable bonds is 5. The lowest BCUT2D eigenvalue weighted by atomic mass is 9.70. The summed E-state index contributed by atoms with van der Waals surface area (Å²) in [6.45, 7) is 11.1. The molecule has 2 unspecified atom stereocenters. The Hall–Kier alpha value is -0.120. The molecule has 1 aliphatic rings. The topological polar surface area (TPSA) is 49.5 Å². The minimum absolute atomic E-state index is 0.240. The largest absolute Gasteiger partial charge is 0.395 e. The first-order valence-corrected chi connectivity index (χ1v) is 6.96. The minimum Gasteiger partial charge on any atom is -0.395 e. The number of nitrogens with two attached hydrogens (primary N) is 1. The van der Waals surface area contributed by atoms with Gasteiger partial charge in [0.1, 0.15) is 0 Å². The number of hydrogen-bond donors (Lipinski definition) is 2. The second kappa shape index (κ2) is 6.17. The summed E-state index contributed by atoms with van der Waals surface area (Å²) in [6.07, 6.45) is 3.60. The number of hydrogen-bond acceptors (Lipinski definition) is 3. The second-order valence-corrected chi connectivity index (χ2v) is 6.64. The summed E-state index contributed by atoms with van der Waals surface area (Å²) in [5.74, 6) is 0.577. The van der Waals surface area contributed by atoms with Crippen LogP contribution in [0.2, 0.25) is 0 Å². The van der Waals surface area contributed by atoms with Gasteiger partial charge in [-0.25, -0.2) is 0 Å². The van der Waals surface area contributed by atoms with E-state index in [2.05, 4.69) is 32.6 Å². The molecule has 0 aromatic heterocycles. The molecule has 0 amide bonds. The van der Waals surface area contributed by atoms with Crippen LogP contribution in [0, 0.1) is 11.3 Å². The Balaban J connectivity index is 2.57. The van der Waals surface area contributed by atoms with Crippen LogP contribution in [0.15, 0.2) is 0 Å². The van der Waals surface area contributed by atoms with Gasteiger partial charge < -0.3 is 10.8 Å². The van der Waals surface area contributed by atoms with E-state index in [-0.39, 0.29) is 6.61 Å². The Morgan fingerprint density at radius 3 is 2.59 bits per heavy atom. The highest BCUT2D eigenvalue weighted by molar-refractivity contribution is 4.88. The zero-order chi connectivity index (χ0) is 13.1. The molecule has 17 heavy (non-hydrogen) atoms. The van der Waals surface area contributed by atoms with E-state index >= 15 is 0 Å². The summed E-state index contributed by atoms with van der Waals surface area (Å²) in [5, 5.41) is 9.11. The third kappa shape index (κ3) is 4.57. The molecule has 1 fully saturated rings. The van der Waals surface area contributed by atoms with Crippen molar-refractivity contribution in [3.05, 3.63) is 0 Å². The fourth-order valence-electron chi connectivity index (χ4n) is 2.95. The van der Waals surface area contributed by atoms with Crippen molar-refractivity contribution in [2.45, 2.75) is 59.0 Å². The zero-order valence-electron chi connectivity index (χ0n) is 11.9. The smallest absolute Gasteiger partial charge is 0.0558 e. The predicted molar refractivity (Wildman–Crippen MR) is 72.9 cm³/mol. The fraction of sp³-hybridized carbons (Fsp3) is 1.00. The molecule has 0 radical (unpaired) electrons. The van der Waals surface area contributed by atoms with Crippen molar-refractivity contribution in [3.63, 3.8) is 0 Å². The molecule has 102 valence electrons. The van der Waals surface area contributed by atoms with Gasteiger partial charge in [-0.2, -0.15) is 0 Å². The quantitative estimate of drug-likeness (QED) is 0.773. The van der Waals surface area contributed by atoms with Gasteiger partial charge in [0.05, 0.1) is 6.61 Å². The molecule has 0 heterocycles. The zero-order valence-corrected chi connectivity index (χ0v) is 11.9. The van der Waals surface area contributed by atoms with Crippen LogP contribution in [0.4, 0.5) is 0 Å². The van der Waals surface area contributed by atoms with Crippen LogP contribution in [0.1, 0.15) is 47.0 Å². The van der Waals surface area contributed by atoms with Crippen molar-refractivity contribution >= 4 is 0 Å². The molecular formula is C14H30N2O. The first-order valence-electron chi connectivity index (χ1n) is 6.96. The van der Waals surface area contributed by atoms with Gasteiger partial charge in [0.25, 0.3) is 0 Å². The average molecular weight is 242 g/mol. The highest BCUT2D eigenvalue weighted by atomic mass is 16.3. The van der Waals surface area contributed by atoms with E-state index in [1.165, 1.54) is 12.8 Å². The van der Waals surface area contributed by atoms with Crippen LogP contribution in [0.5, 0.6) is 0 Å². The lowest BCUT2D eigenvalue weighted by Crippen LogP contribution is -2.47. The average Bonchev–Trinajstić information content (AvgIpc) is 2.22. The van der Waals surface area contributed by atoms with E-state index < -0.39 is 0 Å². The van der Waals surface area contributed by atoms with Gasteiger partial charge in [0, 0.05) is 25.2 Å². The Kier molecular flexibility index (Phi) is 5.42. The van der Waals surface area contributed by atoms with E-state index in [4.69, 9.17) is 10.8 Å². The molecule has 1 rings (SSSR count). The van der Waals surface area contributed by atoms with E-state index in [9.17, 15) is 0 Å². The van der Waals surface area contributed by atoms with Gasteiger partial charge in [-0.1, -0.05) is 13.8 Å². The second-order valence-electron chi connectivity index (χ2n) is 6.64.